The molecule has 3 heterocycles. The molecule has 8 heteroatoms. The molecule has 34 heavy (non-hydrogen) atoms. The first-order valence-electron chi connectivity index (χ1n) is 11.8. The van der Waals surface area contributed by atoms with Crippen LogP contribution in [0.5, 0.6) is 0 Å². The number of carbonyl (C=O) groups is 3. The fourth-order valence-electron chi connectivity index (χ4n) is 5.36. The summed E-state index contributed by atoms with van der Waals surface area (Å²) in [5.41, 5.74) is 3.71. The predicted molar refractivity (Wildman–Crippen MR) is 121 cm³/mol. The SMILES string of the molecule is O=C1CCC(N2Cc3cc(C4CCN(Cc5cccc(C(F)F)c5)CC4)ccc3C2=O)C(=O)N1. The third-order valence-electron chi connectivity index (χ3n) is 7.22. The summed E-state index contributed by atoms with van der Waals surface area (Å²) in [7, 11) is 0. The zero-order chi connectivity index (χ0) is 23.8. The summed E-state index contributed by atoms with van der Waals surface area (Å²) in [6, 6.07) is 12.0. The van der Waals surface area contributed by atoms with Crippen LogP contribution in [0.2, 0.25) is 0 Å². The number of benzene rings is 2. The van der Waals surface area contributed by atoms with Gasteiger partial charge in [-0.15, -0.1) is 0 Å². The zero-order valence-corrected chi connectivity index (χ0v) is 18.8. The van der Waals surface area contributed by atoms with Gasteiger partial charge in [-0.3, -0.25) is 24.6 Å². The maximum absolute atomic E-state index is 13.0. The number of fused-ring (bicyclic) bond motifs is 1. The number of hydrogen-bond acceptors (Lipinski definition) is 4. The highest BCUT2D eigenvalue weighted by Crippen LogP contribution is 2.34. The van der Waals surface area contributed by atoms with Crippen molar-refractivity contribution in [3.63, 3.8) is 0 Å². The van der Waals surface area contributed by atoms with E-state index in [4.69, 9.17) is 0 Å². The Morgan fingerprint density at radius 1 is 1.00 bits per heavy atom. The molecule has 0 aliphatic carbocycles. The summed E-state index contributed by atoms with van der Waals surface area (Å²) in [6.07, 6.45) is 0.0576. The Morgan fingerprint density at radius 3 is 2.53 bits per heavy atom. The van der Waals surface area contributed by atoms with Gasteiger partial charge in [-0.1, -0.05) is 30.3 Å². The largest absolute Gasteiger partial charge is 0.322 e. The van der Waals surface area contributed by atoms with Gasteiger partial charge in [0.1, 0.15) is 6.04 Å². The molecule has 0 aromatic heterocycles. The Bertz CT molecular complexity index is 1130. The summed E-state index contributed by atoms with van der Waals surface area (Å²) < 4.78 is 26.0. The van der Waals surface area contributed by atoms with Crippen LogP contribution in [0.4, 0.5) is 8.78 Å². The van der Waals surface area contributed by atoms with E-state index >= 15 is 0 Å². The lowest BCUT2D eigenvalue weighted by Gasteiger charge is -2.32. The van der Waals surface area contributed by atoms with E-state index in [9.17, 15) is 23.2 Å². The van der Waals surface area contributed by atoms with Crippen LogP contribution in [-0.2, 0) is 22.7 Å². The Labute approximate surface area is 196 Å². The van der Waals surface area contributed by atoms with Crippen molar-refractivity contribution in [1.29, 1.82) is 0 Å². The van der Waals surface area contributed by atoms with Crippen LogP contribution < -0.4 is 5.32 Å². The number of carbonyl (C=O) groups excluding carboxylic acids is 3. The molecule has 0 spiro atoms. The van der Waals surface area contributed by atoms with Crippen molar-refractivity contribution in [3.05, 3.63) is 70.3 Å². The molecule has 6 nitrogen and oxygen atoms in total. The molecule has 1 N–H and O–H groups in total. The number of piperidine rings is 2. The molecule has 178 valence electrons. The van der Waals surface area contributed by atoms with Crippen LogP contribution in [0.3, 0.4) is 0 Å². The van der Waals surface area contributed by atoms with Crippen LogP contribution >= 0.6 is 0 Å². The number of hydrogen-bond donors (Lipinski definition) is 1. The third-order valence-corrected chi connectivity index (χ3v) is 7.22. The minimum atomic E-state index is -2.46. The van der Waals surface area contributed by atoms with Crippen molar-refractivity contribution < 1.29 is 23.2 Å². The first kappa shape index (κ1) is 22.7. The third kappa shape index (κ3) is 4.46. The molecule has 0 radical (unpaired) electrons. The normalized spacial score (nSPS) is 21.8. The number of imide groups is 1. The first-order valence-corrected chi connectivity index (χ1v) is 11.8. The average molecular weight is 468 g/mol. The second-order valence-corrected chi connectivity index (χ2v) is 9.41. The van der Waals surface area contributed by atoms with E-state index in [0.717, 1.165) is 37.1 Å². The lowest BCUT2D eigenvalue weighted by molar-refractivity contribution is -0.136. The quantitative estimate of drug-likeness (QED) is 0.680. The fraction of sp³-hybridized carbons (Fsp3) is 0.423. The lowest BCUT2D eigenvalue weighted by atomic mass is 9.87. The predicted octanol–water partition coefficient (Wildman–Crippen LogP) is 3.76. The number of amides is 3. The van der Waals surface area contributed by atoms with E-state index in [1.54, 1.807) is 17.0 Å². The molecule has 0 bridgehead atoms. The molecule has 1 unspecified atom stereocenters. The Hall–Kier alpha value is -3.13. The molecule has 3 amide bonds. The van der Waals surface area contributed by atoms with E-state index < -0.39 is 18.4 Å². The van der Waals surface area contributed by atoms with E-state index in [1.807, 2.05) is 18.2 Å². The minimum Gasteiger partial charge on any atom is -0.322 e. The summed E-state index contributed by atoms with van der Waals surface area (Å²) in [5.74, 6) is -0.476. The Kier molecular flexibility index (Phi) is 6.16. The van der Waals surface area contributed by atoms with E-state index in [-0.39, 0.29) is 23.8 Å². The summed E-state index contributed by atoms with van der Waals surface area (Å²) >= 11 is 0. The van der Waals surface area contributed by atoms with Gasteiger partial charge in [-0.05, 0) is 67.1 Å². The van der Waals surface area contributed by atoms with Gasteiger partial charge >= 0.3 is 0 Å². The van der Waals surface area contributed by atoms with Gasteiger partial charge in [0.05, 0.1) is 0 Å². The van der Waals surface area contributed by atoms with Crippen molar-refractivity contribution in [3.8, 4) is 0 Å². The fourth-order valence-corrected chi connectivity index (χ4v) is 5.36. The smallest absolute Gasteiger partial charge is 0.263 e. The van der Waals surface area contributed by atoms with Crippen molar-refractivity contribution >= 4 is 17.7 Å². The lowest BCUT2D eigenvalue weighted by Crippen LogP contribution is -2.52. The number of alkyl halides is 2. The highest BCUT2D eigenvalue weighted by Gasteiger charge is 2.39. The molecule has 5 rings (SSSR count). The van der Waals surface area contributed by atoms with Crippen molar-refractivity contribution in [2.24, 2.45) is 0 Å². The van der Waals surface area contributed by atoms with Gasteiger partial charge in [0.2, 0.25) is 11.8 Å². The molecule has 0 saturated carbocycles. The van der Waals surface area contributed by atoms with Gasteiger partial charge in [-0.25, -0.2) is 8.78 Å². The molecule has 2 saturated heterocycles. The number of nitrogens with one attached hydrogen (secondary N) is 1. The maximum Gasteiger partial charge on any atom is 0.263 e. The molecule has 3 aliphatic heterocycles. The molecular weight excluding hydrogens is 440 g/mol. The average Bonchev–Trinajstić information content (AvgIpc) is 3.15. The summed E-state index contributed by atoms with van der Waals surface area (Å²) in [4.78, 5) is 40.5. The number of likely N-dealkylation sites (tertiary alicyclic amines) is 1. The van der Waals surface area contributed by atoms with E-state index in [1.165, 1.54) is 11.6 Å². The standard InChI is InChI=1S/C26H27F2N3O3/c27-24(28)19-3-1-2-16(12-19)14-30-10-8-17(9-11-30)18-4-5-21-20(13-18)15-31(26(21)34)22-6-7-23(32)29-25(22)33/h1-5,12-13,17,22,24H,6-11,14-15H2,(H,29,32,33). The molecule has 2 aromatic carbocycles. The number of halogens is 2. The van der Waals surface area contributed by atoms with Crippen molar-refractivity contribution in [2.45, 2.75) is 57.2 Å². The Morgan fingerprint density at radius 2 is 1.79 bits per heavy atom. The van der Waals surface area contributed by atoms with Gasteiger partial charge < -0.3 is 4.90 Å². The summed E-state index contributed by atoms with van der Waals surface area (Å²) in [5, 5.41) is 2.33. The molecule has 1 atom stereocenters. The number of nitrogens with zero attached hydrogens (tertiary/aromatic N) is 2. The van der Waals surface area contributed by atoms with Gasteiger partial charge in [0.25, 0.3) is 12.3 Å². The summed E-state index contributed by atoms with van der Waals surface area (Å²) in [6.45, 7) is 2.80. The van der Waals surface area contributed by atoms with Gasteiger partial charge in [0.15, 0.2) is 0 Å². The highest BCUT2D eigenvalue weighted by atomic mass is 19.3. The molecule has 2 aromatic rings. The minimum absolute atomic E-state index is 0.0615. The highest BCUT2D eigenvalue weighted by molar-refractivity contribution is 6.05. The zero-order valence-electron chi connectivity index (χ0n) is 18.8. The van der Waals surface area contributed by atoms with Crippen molar-refractivity contribution in [1.82, 2.24) is 15.1 Å². The van der Waals surface area contributed by atoms with Crippen molar-refractivity contribution in [2.75, 3.05) is 13.1 Å². The second kappa shape index (κ2) is 9.25. The maximum atomic E-state index is 13.0. The van der Waals surface area contributed by atoms with E-state index in [0.29, 0.717) is 31.0 Å². The molecule has 3 aliphatic rings. The molecular formula is C26H27F2N3O3. The van der Waals surface area contributed by atoms with Gasteiger partial charge in [0, 0.05) is 30.6 Å². The van der Waals surface area contributed by atoms with Crippen LogP contribution in [-0.4, -0.2) is 46.7 Å². The van der Waals surface area contributed by atoms with Crippen LogP contribution in [0.1, 0.15) is 70.6 Å². The second-order valence-electron chi connectivity index (χ2n) is 9.41. The monoisotopic (exact) mass is 467 g/mol. The Balaban J connectivity index is 1.21. The van der Waals surface area contributed by atoms with Crippen LogP contribution in [0, 0.1) is 0 Å². The van der Waals surface area contributed by atoms with Crippen LogP contribution in [0.25, 0.3) is 0 Å². The molecule has 2 fully saturated rings. The van der Waals surface area contributed by atoms with Crippen LogP contribution in [0.15, 0.2) is 42.5 Å². The first-order chi connectivity index (χ1) is 16.4. The topological polar surface area (TPSA) is 69.7 Å². The van der Waals surface area contributed by atoms with Gasteiger partial charge in [-0.2, -0.15) is 0 Å². The van der Waals surface area contributed by atoms with E-state index in [2.05, 4.69) is 16.3 Å². The number of rotatable bonds is 5.